The number of carbonyl (C=O) groups excluding carboxylic acids is 1. The third-order valence-electron chi connectivity index (χ3n) is 3.17. The smallest absolute Gasteiger partial charge is 0.230 e. The molecular formula is C17H18BrNO2S. The Kier molecular flexibility index (Phi) is 6.34. The van der Waals surface area contributed by atoms with Gasteiger partial charge in [-0.05, 0) is 52.7 Å². The number of halogens is 1. The van der Waals surface area contributed by atoms with Crippen molar-refractivity contribution < 1.29 is 9.53 Å². The summed E-state index contributed by atoms with van der Waals surface area (Å²) in [6, 6.07) is 15.7. The highest BCUT2D eigenvalue weighted by Crippen LogP contribution is 2.28. The molecule has 22 heavy (non-hydrogen) atoms. The minimum Gasteiger partial charge on any atom is -0.496 e. The number of nitrogens with one attached hydrogen (secondary N) is 1. The maximum atomic E-state index is 12.0. The van der Waals surface area contributed by atoms with Gasteiger partial charge in [-0.25, -0.2) is 0 Å². The first-order valence-electron chi connectivity index (χ1n) is 6.91. The molecule has 0 heterocycles. The van der Waals surface area contributed by atoms with Gasteiger partial charge in [-0.3, -0.25) is 4.79 Å². The van der Waals surface area contributed by atoms with Gasteiger partial charge in [0.25, 0.3) is 0 Å². The highest BCUT2D eigenvalue weighted by Gasteiger charge is 2.11. The summed E-state index contributed by atoms with van der Waals surface area (Å²) in [5, 5.41) is 3.01. The zero-order valence-electron chi connectivity index (χ0n) is 12.5. The van der Waals surface area contributed by atoms with Gasteiger partial charge in [-0.1, -0.05) is 24.3 Å². The van der Waals surface area contributed by atoms with Crippen LogP contribution in [0.1, 0.15) is 18.5 Å². The first-order valence-corrected chi connectivity index (χ1v) is 8.68. The van der Waals surface area contributed by atoms with E-state index in [0.717, 1.165) is 20.7 Å². The maximum Gasteiger partial charge on any atom is 0.230 e. The molecule has 0 spiro atoms. The number of amides is 1. The Morgan fingerprint density at radius 3 is 2.64 bits per heavy atom. The lowest BCUT2D eigenvalue weighted by atomic mass is 10.1. The summed E-state index contributed by atoms with van der Waals surface area (Å²) >= 11 is 4.99. The maximum absolute atomic E-state index is 12.0. The molecule has 0 saturated carbocycles. The van der Waals surface area contributed by atoms with Gasteiger partial charge >= 0.3 is 0 Å². The fraction of sp³-hybridized carbons (Fsp3) is 0.235. The van der Waals surface area contributed by atoms with Crippen LogP contribution in [0.2, 0.25) is 0 Å². The third kappa shape index (κ3) is 4.78. The Hall–Kier alpha value is -1.46. The van der Waals surface area contributed by atoms with Crippen molar-refractivity contribution in [3.8, 4) is 5.75 Å². The third-order valence-corrected chi connectivity index (χ3v) is 4.80. The molecule has 2 rings (SSSR count). The molecule has 0 aliphatic rings. The Morgan fingerprint density at radius 1 is 1.27 bits per heavy atom. The second kappa shape index (κ2) is 8.25. The summed E-state index contributed by atoms with van der Waals surface area (Å²) in [7, 11) is 1.63. The molecule has 5 heteroatoms. The normalized spacial score (nSPS) is 11.8. The van der Waals surface area contributed by atoms with Gasteiger partial charge in [-0.2, -0.15) is 0 Å². The predicted molar refractivity (Wildman–Crippen MR) is 94.4 cm³/mol. The van der Waals surface area contributed by atoms with Crippen LogP contribution in [-0.4, -0.2) is 18.8 Å². The molecule has 0 aromatic heterocycles. The number of methoxy groups -OCH3 is 1. The lowest BCUT2D eigenvalue weighted by Crippen LogP contribution is -2.28. The van der Waals surface area contributed by atoms with Crippen LogP contribution in [0, 0.1) is 0 Å². The van der Waals surface area contributed by atoms with E-state index in [1.807, 2.05) is 55.5 Å². The molecule has 0 aliphatic carbocycles. The van der Waals surface area contributed by atoms with Crippen LogP contribution in [0.15, 0.2) is 57.9 Å². The highest BCUT2D eigenvalue weighted by molar-refractivity contribution is 9.10. The molecule has 0 radical (unpaired) electrons. The first kappa shape index (κ1) is 16.9. The van der Waals surface area contributed by atoms with Crippen LogP contribution in [0.5, 0.6) is 5.75 Å². The van der Waals surface area contributed by atoms with Crippen LogP contribution >= 0.6 is 27.7 Å². The van der Waals surface area contributed by atoms with E-state index in [-0.39, 0.29) is 11.9 Å². The van der Waals surface area contributed by atoms with E-state index in [0.29, 0.717) is 5.75 Å². The number of rotatable bonds is 6. The lowest BCUT2D eigenvalue weighted by Gasteiger charge is -2.15. The molecule has 0 fully saturated rings. The van der Waals surface area contributed by atoms with E-state index in [2.05, 4.69) is 21.2 Å². The van der Waals surface area contributed by atoms with Crippen molar-refractivity contribution in [3.05, 3.63) is 58.6 Å². The minimum atomic E-state index is -0.0499. The monoisotopic (exact) mass is 379 g/mol. The van der Waals surface area contributed by atoms with Crippen LogP contribution in [0.4, 0.5) is 0 Å². The minimum absolute atomic E-state index is 0.0216. The number of hydrogen-bond acceptors (Lipinski definition) is 3. The summed E-state index contributed by atoms with van der Waals surface area (Å²) < 4.78 is 6.09. The summed E-state index contributed by atoms with van der Waals surface area (Å²) in [4.78, 5) is 13.1. The van der Waals surface area contributed by atoms with Crippen LogP contribution in [0.3, 0.4) is 0 Å². The summed E-state index contributed by atoms with van der Waals surface area (Å²) in [5.41, 5.74) is 1.03. The molecule has 0 aliphatic heterocycles. The first-order chi connectivity index (χ1) is 10.6. The van der Waals surface area contributed by atoms with Gasteiger partial charge in [-0.15, -0.1) is 11.8 Å². The van der Waals surface area contributed by atoms with Crippen molar-refractivity contribution >= 4 is 33.6 Å². The van der Waals surface area contributed by atoms with Gasteiger partial charge in [0.05, 0.1) is 23.4 Å². The van der Waals surface area contributed by atoms with Crippen molar-refractivity contribution in [1.82, 2.24) is 5.32 Å². The zero-order valence-corrected chi connectivity index (χ0v) is 14.9. The molecule has 1 unspecified atom stereocenters. The number of hydrogen-bond donors (Lipinski definition) is 1. The van der Waals surface area contributed by atoms with E-state index in [9.17, 15) is 4.79 Å². The Bertz CT molecular complexity index is 634. The quantitative estimate of drug-likeness (QED) is 0.754. The second-order valence-corrected chi connectivity index (χ2v) is 6.69. The Labute approximate surface area is 143 Å². The summed E-state index contributed by atoms with van der Waals surface area (Å²) in [6.07, 6.45) is 0. The van der Waals surface area contributed by atoms with E-state index < -0.39 is 0 Å². The van der Waals surface area contributed by atoms with Crippen LogP contribution in [0.25, 0.3) is 0 Å². The predicted octanol–water partition coefficient (Wildman–Crippen LogP) is 4.43. The fourth-order valence-electron chi connectivity index (χ4n) is 1.98. The number of thioether (sulfide) groups is 1. The van der Waals surface area contributed by atoms with Crippen molar-refractivity contribution in [2.45, 2.75) is 17.9 Å². The van der Waals surface area contributed by atoms with Crippen molar-refractivity contribution in [2.24, 2.45) is 0 Å². The largest absolute Gasteiger partial charge is 0.496 e. The molecule has 2 aromatic rings. The van der Waals surface area contributed by atoms with Crippen LogP contribution in [-0.2, 0) is 4.79 Å². The summed E-state index contributed by atoms with van der Waals surface area (Å²) in [5.74, 6) is 1.21. The van der Waals surface area contributed by atoms with Crippen molar-refractivity contribution in [3.63, 3.8) is 0 Å². The number of benzene rings is 2. The van der Waals surface area contributed by atoms with Gasteiger partial charge in [0.2, 0.25) is 5.91 Å². The average Bonchev–Trinajstić information content (AvgIpc) is 2.53. The van der Waals surface area contributed by atoms with E-state index in [4.69, 9.17) is 4.74 Å². The average molecular weight is 380 g/mol. The summed E-state index contributed by atoms with van der Waals surface area (Å²) in [6.45, 7) is 1.97. The molecule has 1 atom stereocenters. The van der Waals surface area contributed by atoms with E-state index in [1.54, 1.807) is 7.11 Å². The lowest BCUT2D eigenvalue weighted by molar-refractivity contribution is -0.119. The molecule has 0 saturated heterocycles. The van der Waals surface area contributed by atoms with Gasteiger partial charge in [0.1, 0.15) is 5.75 Å². The SMILES string of the molecule is COc1ccc(C(C)NC(=O)CSc2ccccc2)cc1Br. The topological polar surface area (TPSA) is 38.3 Å². The second-order valence-electron chi connectivity index (χ2n) is 4.78. The van der Waals surface area contributed by atoms with Crippen molar-refractivity contribution in [2.75, 3.05) is 12.9 Å². The molecule has 116 valence electrons. The van der Waals surface area contributed by atoms with Gasteiger partial charge < -0.3 is 10.1 Å². The Balaban J connectivity index is 1.89. The molecule has 2 aromatic carbocycles. The molecular weight excluding hydrogens is 362 g/mol. The van der Waals surface area contributed by atoms with Gasteiger partial charge in [0, 0.05) is 4.90 Å². The van der Waals surface area contributed by atoms with Crippen LogP contribution < -0.4 is 10.1 Å². The fourth-order valence-corrected chi connectivity index (χ4v) is 3.27. The van der Waals surface area contributed by atoms with Gasteiger partial charge in [0.15, 0.2) is 0 Å². The molecule has 1 N–H and O–H groups in total. The standard InChI is InChI=1S/C17H18BrNO2S/c1-12(13-8-9-16(21-2)15(18)10-13)19-17(20)11-22-14-6-4-3-5-7-14/h3-10,12H,11H2,1-2H3,(H,19,20). The Morgan fingerprint density at radius 2 is 2.00 bits per heavy atom. The zero-order chi connectivity index (χ0) is 15.9. The molecule has 1 amide bonds. The number of ether oxygens (including phenoxy) is 1. The van der Waals surface area contributed by atoms with Crippen molar-refractivity contribution in [1.29, 1.82) is 0 Å². The molecule has 3 nitrogen and oxygen atoms in total. The van der Waals surface area contributed by atoms with E-state index >= 15 is 0 Å². The molecule has 0 bridgehead atoms. The van der Waals surface area contributed by atoms with E-state index in [1.165, 1.54) is 11.8 Å². The highest BCUT2D eigenvalue weighted by atomic mass is 79.9. The number of carbonyl (C=O) groups is 1.